The number of imidazole rings is 1. The maximum absolute atomic E-state index is 14.3. The Labute approximate surface area is 228 Å². The Bertz CT molecular complexity index is 1840. The highest BCUT2D eigenvalue weighted by Crippen LogP contribution is 2.34. The van der Waals surface area contributed by atoms with Gasteiger partial charge in [-0.1, -0.05) is 6.07 Å². The summed E-state index contributed by atoms with van der Waals surface area (Å²) in [6.07, 6.45) is 7.43. The van der Waals surface area contributed by atoms with E-state index < -0.39 is 0 Å². The standard InChI is InChI=1S/C30H26FN7O2/c1-39-22-11-18(10-20(31)14-22)24-6-9-34-29-27(24)35-30(36-29)28-25-13-17(2-3-26(25)37-38-28)19-12-23(16-33-15-19)40-21-4-7-32-8-5-21/h2-3,6,9-16,21,32H,4-5,7-8H2,1H3,(H,37,38)(H,34,35,36). The smallest absolute Gasteiger partial charge is 0.160 e. The number of aromatic amines is 2. The molecular formula is C30H26FN7O2. The van der Waals surface area contributed by atoms with Crippen molar-refractivity contribution in [1.29, 1.82) is 0 Å². The van der Waals surface area contributed by atoms with E-state index in [1.54, 1.807) is 18.5 Å². The second kappa shape index (κ2) is 10.0. The van der Waals surface area contributed by atoms with Gasteiger partial charge in [-0.3, -0.25) is 10.1 Å². The van der Waals surface area contributed by atoms with Crippen LogP contribution < -0.4 is 14.8 Å². The number of halogens is 1. The number of H-pyrrole nitrogens is 2. The molecule has 3 N–H and O–H groups in total. The minimum absolute atomic E-state index is 0.196. The van der Waals surface area contributed by atoms with Gasteiger partial charge in [0, 0.05) is 35.0 Å². The summed E-state index contributed by atoms with van der Waals surface area (Å²) < 4.78 is 25.7. The Hall–Kier alpha value is -4.83. The molecule has 9 nitrogen and oxygen atoms in total. The summed E-state index contributed by atoms with van der Waals surface area (Å²) in [5, 5.41) is 11.9. The van der Waals surface area contributed by atoms with Crippen LogP contribution in [-0.4, -0.2) is 56.4 Å². The molecule has 6 aromatic rings. The van der Waals surface area contributed by atoms with Crippen molar-refractivity contribution >= 4 is 22.1 Å². The van der Waals surface area contributed by atoms with Gasteiger partial charge in [0.05, 0.1) is 18.8 Å². The van der Waals surface area contributed by atoms with Crippen molar-refractivity contribution in [2.45, 2.75) is 18.9 Å². The molecule has 0 bridgehead atoms. The molecule has 1 saturated heterocycles. The first kappa shape index (κ1) is 24.2. The molecular weight excluding hydrogens is 509 g/mol. The third kappa shape index (κ3) is 4.52. The fourth-order valence-electron chi connectivity index (χ4n) is 5.21. The van der Waals surface area contributed by atoms with Crippen molar-refractivity contribution in [3.8, 4) is 45.3 Å². The fraction of sp³-hybridized carbons (Fsp3) is 0.200. The molecule has 1 aliphatic heterocycles. The monoisotopic (exact) mass is 535 g/mol. The quantitative estimate of drug-likeness (QED) is 0.258. The van der Waals surface area contributed by atoms with Crippen molar-refractivity contribution in [2.75, 3.05) is 20.2 Å². The van der Waals surface area contributed by atoms with E-state index in [1.165, 1.54) is 19.2 Å². The van der Waals surface area contributed by atoms with Crippen molar-refractivity contribution in [3.63, 3.8) is 0 Å². The number of benzene rings is 2. The van der Waals surface area contributed by atoms with Crippen LogP contribution in [0, 0.1) is 5.82 Å². The molecule has 1 fully saturated rings. The Morgan fingerprint density at radius 3 is 2.67 bits per heavy atom. The minimum atomic E-state index is -0.388. The summed E-state index contributed by atoms with van der Waals surface area (Å²) in [6.45, 7) is 1.93. The van der Waals surface area contributed by atoms with Gasteiger partial charge in [-0.2, -0.15) is 5.10 Å². The molecule has 7 rings (SSSR count). The highest BCUT2D eigenvalue weighted by atomic mass is 19.1. The molecule has 10 heteroatoms. The van der Waals surface area contributed by atoms with Gasteiger partial charge in [0.15, 0.2) is 11.5 Å². The van der Waals surface area contributed by atoms with Crippen molar-refractivity contribution in [2.24, 2.45) is 0 Å². The zero-order chi connectivity index (χ0) is 27.1. The lowest BCUT2D eigenvalue weighted by Gasteiger charge is -2.23. The van der Waals surface area contributed by atoms with Crippen molar-refractivity contribution in [1.82, 2.24) is 35.5 Å². The number of hydrogen-bond donors (Lipinski definition) is 3. The lowest BCUT2D eigenvalue weighted by molar-refractivity contribution is 0.162. The first-order chi connectivity index (χ1) is 19.6. The van der Waals surface area contributed by atoms with E-state index in [1.807, 2.05) is 30.5 Å². The topological polar surface area (TPSA) is 114 Å². The normalized spacial score (nSPS) is 14.2. The van der Waals surface area contributed by atoms with Crippen LogP contribution in [0.25, 0.3) is 55.8 Å². The molecule has 2 aromatic carbocycles. The molecule has 0 amide bonds. The summed E-state index contributed by atoms with van der Waals surface area (Å²) in [7, 11) is 1.51. The van der Waals surface area contributed by atoms with Crippen LogP contribution in [0.1, 0.15) is 12.8 Å². The van der Waals surface area contributed by atoms with Crippen LogP contribution >= 0.6 is 0 Å². The molecule has 0 saturated carbocycles. The minimum Gasteiger partial charge on any atom is -0.497 e. The van der Waals surface area contributed by atoms with Gasteiger partial charge in [0.1, 0.15) is 34.6 Å². The maximum atomic E-state index is 14.3. The molecule has 1 aliphatic rings. The molecule has 0 unspecified atom stereocenters. The number of rotatable bonds is 6. The van der Waals surface area contributed by atoms with Crippen molar-refractivity contribution in [3.05, 3.63) is 72.9 Å². The molecule has 0 spiro atoms. The first-order valence-electron chi connectivity index (χ1n) is 13.2. The lowest BCUT2D eigenvalue weighted by atomic mass is 10.0. The molecule has 4 aromatic heterocycles. The van der Waals surface area contributed by atoms with Gasteiger partial charge < -0.3 is 19.8 Å². The number of methoxy groups -OCH3 is 1. The molecule has 40 heavy (non-hydrogen) atoms. The number of piperidine rings is 1. The van der Waals surface area contributed by atoms with Crippen LogP contribution in [0.2, 0.25) is 0 Å². The number of fused-ring (bicyclic) bond motifs is 2. The largest absolute Gasteiger partial charge is 0.497 e. The van der Waals surface area contributed by atoms with E-state index in [0.29, 0.717) is 34.0 Å². The van der Waals surface area contributed by atoms with Crippen LogP contribution in [0.5, 0.6) is 11.5 Å². The maximum Gasteiger partial charge on any atom is 0.160 e. The van der Waals surface area contributed by atoms with Crippen LogP contribution in [0.4, 0.5) is 4.39 Å². The van der Waals surface area contributed by atoms with Crippen LogP contribution in [0.3, 0.4) is 0 Å². The summed E-state index contributed by atoms with van der Waals surface area (Å²) in [5.74, 6) is 1.37. The fourth-order valence-corrected chi connectivity index (χ4v) is 5.21. The van der Waals surface area contributed by atoms with Crippen molar-refractivity contribution < 1.29 is 13.9 Å². The van der Waals surface area contributed by atoms with E-state index in [9.17, 15) is 4.39 Å². The molecule has 0 atom stereocenters. The molecule has 0 radical (unpaired) electrons. The Balaban J connectivity index is 1.26. The molecule has 0 aliphatic carbocycles. The molecule has 5 heterocycles. The van der Waals surface area contributed by atoms with E-state index in [4.69, 9.17) is 14.5 Å². The Morgan fingerprint density at radius 1 is 0.925 bits per heavy atom. The van der Waals surface area contributed by atoms with Crippen LogP contribution in [-0.2, 0) is 0 Å². The van der Waals surface area contributed by atoms with Gasteiger partial charge in [0.2, 0.25) is 0 Å². The number of nitrogens with zero attached hydrogens (tertiary/aromatic N) is 4. The van der Waals surface area contributed by atoms with Gasteiger partial charge in [-0.25, -0.2) is 14.4 Å². The Kier molecular flexibility index (Phi) is 6.09. The predicted octanol–water partition coefficient (Wildman–Crippen LogP) is 5.51. The third-order valence-electron chi connectivity index (χ3n) is 7.23. The summed E-state index contributed by atoms with van der Waals surface area (Å²) >= 11 is 0. The Morgan fingerprint density at radius 2 is 1.80 bits per heavy atom. The number of ether oxygens (including phenoxy) is 2. The van der Waals surface area contributed by atoms with Crippen LogP contribution in [0.15, 0.2) is 67.1 Å². The number of pyridine rings is 2. The molecule has 200 valence electrons. The van der Waals surface area contributed by atoms with Gasteiger partial charge in [-0.15, -0.1) is 0 Å². The van der Waals surface area contributed by atoms with E-state index >= 15 is 0 Å². The van der Waals surface area contributed by atoms with E-state index in [2.05, 4.69) is 36.5 Å². The number of hydrogen-bond acceptors (Lipinski definition) is 7. The predicted molar refractivity (Wildman–Crippen MR) is 151 cm³/mol. The average molecular weight is 536 g/mol. The SMILES string of the molecule is COc1cc(F)cc(-c2ccnc3[nH]c(-c4n[nH]c5ccc(-c6cncc(OC7CCNCC7)c6)cc45)nc23)c1. The van der Waals surface area contributed by atoms with E-state index in [-0.39, 0.29) is 11.9 Å². The van der Waals surface area contributed by atoms with Gasteiger partial charge in [0.25, 0.3) is 0 Å². The summed E-state index contributed by atoms with van der Waals surface area (Å²) in [6, 6.07) is 14.5. The first-order valence-corrected chi connectivity index (χ1v) is 13.2. The third-order valence-corrected chi connectivity index (χ3v) is 7.23. The van der Waals surface area contributed by atoms with Gasteiger partial charge >= 0.3 is 0 Å². The zero-order valence-corrected chi connectivity index (χ0v) is 21.7. The highest BCUT2D eigenvalue weighted by molar-refractivity contribution is 5.97. The average Bonchev–Trinajstić information content (AvgIpc) is 3.61. The highest BCUT2D eigenvalue weighted by Gasteiger charge is 2.18. The lowest BCUT2D eigenvalue weighted by Crippen LogP contribution is -2.34. The van der Waals surface area contributed by atoms with E-state index in [0.717, 1.165) is 59.3 Å². The second-order valence-electron chi connectivity index (χ2n) is 9.83. The zero-order valence-electron chi connectivity index (χ0n) is 21.7. The summed E-state index contributed by atoms with van der Waals surface area (Å²) in [4.78, 5) is 17.0. The number of nitrogens with one attached hydrogen (secondary N) is 3. The summed E-state index contributed by atoms with van der Waals surface area (Å²) in [5.41, 5.74) is 6.05. The van der Waals surface area contributed by atoms with Gasteiger partial charge in [-0.05, 0) is 73.5 Å². The second-order valence-corrected chi connectivity index (χ2v) is 9.83. The number of aromatic nitrogens is 6.